The van der Waals surface area contributed by atoms with Crippen molar-refractivity contribution in [1.82, 2.24) is 5.32 Å². The summed E-state index contributed by atoms with van der Waals surface area (Å²) in [7, 11) is 1.53. The van der Waals surface area contributed by atoms with Crippen LogP contribution in [0.15, 0.2) is 40.8 Å². The van der Waals surface area contributed by atoms with Crippen LogP contribution in [0, 0.1) is 6.92 Å². The molecule has 5 nitrogen and oxygen atoms in total. The van der Waals surface area contributed by atoms with E-state index in [2.05, 4.69) is 5.32 Å². The van der Waals surface area contributed by atoms with Gasteiger partial charge in [0.1, 0.15) is 17.4 Å². The van der Waals surface area contributed by atoms with Crippen LogP contribution in [0.1, 0.15) is 43.7 Å². The SMILES string of the molecule is COc1ccc([C@H](NC(=O)OC(C)(C)C)c2cccc(C)c2)o1. The Morgan fingerprint density at radius 2 is 1.96 bits per heavy atom. The van der Waals surface area contributed by atoms with Crippen LogP contribution in [0.2, 0.25) is 0 Å². The summed E-state index contributed by atoms with van der Waals surface area (Å²) in [6.07, 6.45) is -0.501. The molecule has 23 heavy (non-hydrogen) atoms. The molecule has 0 spiro atoms. The van der Waals surface area contributed by atoms with Crippen molar-refractivity contribution >= 4 is 6.09 Å². The molecule has 5 heteroatoms. The summed E-state index contributed by atoms with van der Waals surface area (Å²) in [5.41, 5.74) is 1.44. The minimum absolute atomic E-state index is 0.392. The second-order valence-electron chi connectivity index (χ2n) is 6.35. The Balaban J connectivity index is 2.30. The molecule has 2 aromatic rings. The number of methoxy groups -OCH3 is 1. The molecule has 1 N–H and O–H groups in total. The molecule has 0 aliphatic carbocycles. The third kappa shape index (κ3) is 4.77. The fraction of sp³-hybridized carbons (Fsp3) is 0.389. The van der Waals surface area contributed by atoms with Crippen molar-refractivity contribution in [2.24, 2.45) is 0 Å². The van der Waals surface area contributed by atoms with Gasteiger partial charge in [0, 0.05) is 6.07 Å². The van der Waals surface area contributed by atoms with Crippen LogP contribution < -0.4 is 10.1 Å². The lowest BCUT2D eigenvalue weighted by Gasteiger charge is -2.23. The highest BCUT2D eigenvalue weighted by Crippen LogP contribution is 2.28. The first-order chi connectivity index (χ1) is 10.8. The average molecular weight is 317 g/mol. The van der Waals surface area contributed by atoms with Gasteiger partial charge in [0.15, 0.2) is 0 Å². The smallest absolute Gasteiger partial charge is 0.408 e. The fourth-order valence-corrected chi connectivity index (χ4v) is 2.19. The number of furan rings is 1. The Kier molecular flexibility index (Phi) is 4.98. The molecule has 0 saturated heterocycles. The van der Waals surface area contributed by atoms with Gasteiger partial charge in [-0.1, -0.05) is 29.8 Å². The number of carbonyl (C=O) groups is 1. The Morgan fingerprint density at radius 3 is 2.52 bits per heavy atom. The average Bonchev–Trinajstić information content (AvgIpc) is 2.91. The van der Waals surface area contributed by atoms with E-state index in [4.69, 9.17) is 13.9 Å². The van der Waals surface area contributed by atoms with Crippen molar-refractivity contribution in [3.05, 3.63) is 53.3 Å². The molecular formula is C18H23NO4. The largest absolute Gasteiger partial charge is 0.468 e. The van der Waals surface area contributed by atoms with Gasteiger partial charge in [0.2, 0.25) is 0 Å². The van der Waals surface area contributed by atoms with Crippen molar-refractivity contribution in [3.8, 4) is 5.95 Å². The number of hydrogen-bond acceptors (Lipinski definition) is 4. The quantitative estimate of drug-likeness (QED) is 0.917. The number of nitrogens with one attached hydrogen (secondary N) is 1. The lowest BCUT2D eigenvalue weighted by molar-refractivity contribution is 0.0506. The molecule has 0 bridgehead atoms. The molecule has 2 rings (SSSR count). The van der Waals surface area contributed by atoms with Crippen LogP contribution in [0.25, 0.3) is 0 Å². The van der Waals surface area contributed by atoms with Gasteiger partial charge in [-0.3, -0.25) is 0 Å². The monoisotopic (exact) mass is 317 g/mol. The maximum absolute atomic E-state index is 12.2. The third-order valence-electron chi connectivity index (χ3n) is 3.12. The minimum atomic E-state index is -0.567. The fourth-order valence-electron chi connectivity index (χ4n) is 2.19. The highest BCUT2D eigenvalue weighted by molar-refractivity contribution is 5.69. The van der Waals surface area contributed by atoms with E-state index in [0.29, 0.717) is 11.7 Å². The maximum Gasteiger partial charge on any atom is 0.408 e. The zero-order valence-corrected chi connectivity index (χ0v) is 14.2. The van der Waals surface area contributed by atoms with E-state index in [9.17, 15) is 4.79 Å². The number of alkyl carbamates (subject to hydrolysis) is 1. The molecule has 1 amide bonds. The number of aryl methyl sites for hydroxylation is 1. The van der Waals surface area contributed by atoms with Crippen molar-refractivity contribution in [2.45, 2.75) is 39.3 Å². The van der Waals surface area contributed by atoms with Crippen LogP contribution in [0.4, 0.5) is 4.79 Å². The van der Waals surface area contributed by atoms with Crippen LogP contribution >= 0.6 is 0 Å². The third-order valence-corrected chi connectivity index (χ3v) is 3.12. The topological polar surface area (TPSA) is 60.7 Å². The number of hydrogen-bond donors (Lipinski definition) is 1. The summed E-state index contributed by atoms with van der Waals surface area (Å²) < 4.78 is 16.1. The molecule has 0 unspecified atom stereocenters. The molecule has 1 atom stereocenters. The molecule has 0 radical (unpaired) electrons. The van der Waals surface area contributed by atoms with E-state index in [0.717, 1.165) is 11.1 Å². The van der Waals surface area contributed by atoms with Crippen molar-refractivity contribution in [2.75, 3.05) is 7.11 Å². The molecule has 0 saturated carbocycles. The predicted octanol–water partition coefficient (Wildman–Crippen LogP) is 4.21. The van der Waals surface area contributed by atoms with Gasteiger partial charge in [-0.2, -0.15) is 0 Å². The van der Waals surface area contributed by atoms with E-state index < -0.39 is 17.7 Å². The number of rotatable bonds is 4. The van der Waals surface area contributed by atoms with Crippen molar-refractivity contribution < 1.29 is 18.7 Å². The highest BCUT2D eigenvalue weighted by atomic mass is 16.6. The first kappa shape index (κ1) is 16.9. The normalized spacial score (nSPS) is 12.6. The van der Waals surface area contributed by atoms with E-state index in [1.807, 2.05) is 52.0 Å². The Labute approximate surface area is 136 Å². The maximum atomic E-state index is 12.2. The predicted molar refractivity (Wildman–Crippen MR) is 87.7 cm³/mol. The lowest BCUT2D eigenvalue weighted by Crippen LogP contribution is -2.35. The summed E-state index contributed by atoms with van der Waals surface area (Å²) in [5, 5.41) is 2.86. The van der Waals surface area contributed by atoms with Gasteiger partial charge < -0.3 is 19.2 Å². The molecule has 1 heterocycles. The van der Waals surface area contributed by atoms with Crippen LogP contribution in [-0.2, 0) is 4.74 Å². The van der Waals surface area contributed by atoms with Gasteiger partial charge in [0.05, 0.1) is 7.11 Å². The second-order valence-corrected chi connectivity index (χ2v) is 6.35. The summed E-state index contributed by atoms with van der Waals surface area (Å²) in [6.45, 7) is 7.47. The number of benzene rings is 1. The van der Waals surface area contributed by atoms with Gasteiger partial charge in [0.25, 0.3) is 5.95 Å². The van der Waals surface area contributed by atoms with Gasteiger partial charge in [-0.05, 0) is 39.3 Å². The Bertz CT molecular complexity index is 670. The summed E-state index contributed by atoms with van der Waals surface area (Å²) >= 11 is 0. The number of ether oxygens (including phenoxy) is 2. The van der Waals surface area contributed by atoms with E-state index in [1.165, 1.54) is 7.11 Å². The van der Waals surface area contributed by atoms with Crippen LogP contribution in [-0.4, -0.2) is 18.8 Å². The molecule has 1 aromatic carbocycles. The summed E-state index contributed by atoms with van der Waals surface area (Å²) in [4.78, 5) is 12.2. The summed E-state index contributed by atoms with van der Waals surface area (Å²) in [5.74, 6) is 0.974. The zero-order valence-electron chi connectivity index (χ0n) is 14.2. The first-order valence-corrected chi connectivity index (χ1v) is 7.48. The second kappa shape index (κ2) is 6.77. The van der Waals surface area contributed by atoms with E-state index in [-0.39, 0.29) is 0 Å². The number of carbonyl (C=O) groups excluding carboxylic acids is 1. The molecule has 124 valence electrons. The lowest BCUT2D eigenvalue weighted by atomic mass is 10.0. The minimum Gasteiger partial charge on any atom is -0.468 e. The van der Waals surface area contributed by atoms with Gasteiger partial charge in [-0.15, -0.1) is 0 Å². The Morgan fingerprint density at radius 1 is 1.22 bits per heavy atom. The van der Waals surface area contributed by atoms with Crippen molar-refractivity contribution in [3.63, 3.8) is 0 Å². The van der Waals surface area contributed by atoms with E-state index in [1.54, 1.807) is 12.1 Å². The Hall–Kier alpha value is -2.43. The molecule has 1 aromatic heterocycles. The molecular weight excluding hydrogens is 294 g/mol. The number of amides is 1. The standard InChI is InChI=1S/C18H23NO4/c1-12-7-6-8-13(11-12)16(14-9-10-15(21-5)22-14)19-17(20)23-18(2,3)4/h6-11,16H,1-5H3,(H,19,20)/t16-/m1/s1. The van der Waals surface area contributed by atoms with Crippen LogP contribution in [0.3, 0.4) is 0 Å². The van der Waals surface area contributed by atoms with E-state index >= 15 is 0 Å². The van der Waals surface area contributed by atoms with Crippen LogP contribution in [0.5, 0.6) is 5.95 Å². The molecule has 0 aliphatic rings. The first-order valence-electron chi connectivity index (χ1n) is 7.48. The van der Waals surface area contributed by atoms with Crippen molar-refractivity contribution in [1.29, 1.82) is 0 Å². The summed E-state index contributed by atoms with van der Waals surface area (Å²) in [6, 6.07) is 10.9. The molecule has 0 fully saturated rings. The zero-order chi connectivity index (χ0) is 17.0. The van der Waals surface area contributed by atoms with Gasteiger partial charge in [-0.25, -0.2) is 4.79 Å². The van der Waals surface area contributed by atoms with Gasteiger partial charge >= 0.3 is 6.09 Å². The molecule has 0 aliphatic heterocycles. The highest BCUT2D eigenvalue weighted by Gasteiger charge is 2.24.